The van der Waals surface area contributed by atoms with Crippen molar-refractivity contribution in [3.63, 3.8) is 0 Å². The Labute approximate surface area is 108 Å². The van der Waals surface area contributed by atoms with Crippen molar-refractivity contribution in [2.45, 2.75) is 57.9 Å². The molecule has 94 valence electrons. The maximum atomic E-state index is 6.09. The van der Waals surface area contributed by atoms with Crippen LogP contribution in [-0.2, 0) is 6.42 Å². The fraction of sp³-hybridized carbons (Fsp3) is 0.692. The normalized spacial score (nSPS) is 17.8. The smallest absolute Gasteiger partial charge is 0.137 e. The van der Waals surface area contributed by atoms with E-state index < -0.39 is 0 Å². The van der Waals surface area contributed by atoms with Crippen LogP contribution in [0.5, 0.6) is 0 Å². The van der Waals surface area contributed by atoms with Gasteiger partial charge in [-0.1, -0.05) is 44.2 Å². The number of halogens is 1. The highest BCUT2D eigenvalue weighted by molar-refractivity contribution is 6.30. The zero-order chi connectivity index (χ0) is 12.1. The Kier molecular flexibility index (Phi) is 4.60. The van der Waals surface area contributed by atoms with Crippen LogP contribution in [0.1, 0.15) is 51.0 Å². The molecule has 1 aromatic rings. The first-order valence-corrected chi connectivity index (χ1v) is 6.95. The molecular formula is C13H20ClN3. The van der Waals surface area contributed by atoms with Gasteiger partial charge in [0.15, 0.2) is 0 Å². The fourth-order valence-corrected chi connectivity index (χ4v) is 2.71. The summed E-state index contributed by atoms with van der Waals surface area (Å²) in [5.74, 6) is 0.930. The van der Waals surface area contributed by atoms with Crippen LogP contribution < -0.4 is 5.32 Å². The van der Waals surface area contributed by atoms with Crippen molar-refractivity contribution in [1.82, 2.24) is 9.97 Å². The van der Waals surface area contributed by atoms with Crippen LogP contribution in [0, 0.1) is 0 Å². The van der Waals surface area contributed by atoms with Gasteiger partial charge in [-0.2, -0.15) is 0 Å². The average molecular weight is 254 g/mol. The van der Waals surface area contributed by atoms with E-state index in [2.05, 4.69) is 22.2 Å². The number of hydrogen-bond donors (Lipinski definition) is 1. The molecule has 1 N–H and O–H groups in total. The predicted molar refractivity (Wildman–Crippen MR) is 71.5 cm³/mol. The van der Waals surface area contributed by atoms with Gasteiger partial charge in [-0.15, -0.1) is 0 Å². The molecule has 1 aliphatic rings. The Bertz CT molecular complexity index is 360. The molecule has 17 heavy (non-hydrogen) atoms. The molecule has 1 saturated carbocycles. The van der Waals surface area contributed by atoms with Gasteiger partial charge in [-0.05, 0) is 19.3 Å². The summed E-state index contributed by atoms with van der Waals surface area (Å²) in [4.78, 5) is 8.36. The van der Waals surface area contributed by atoms with E-state index in [4.69, 9.17) is 11.6 Å². The lowest BCUT2D eigenvalue weighted by molar-refractivity contribution is 0.616. The highest BCUT2D eigenvalue weighted by atomic mass is 35.5. The molecule has 0 aromatic carbocycles. The maximum Gasteiger partial charge on any atom is 0.137 e. The Hall–Kier alpha value is -0.830. The first-order valence-electron chi connectivity index (χ1n) is 6.57. The third-order valence-electron chi connectivity index (χ3n) is 3.44. The molecule has 0 spiro atoms. The van der Waals surface area contributed by atoms with E-state index in [0.29, 0.717) is 11.2 Å². The van der Waals surface area contributed by atoms with E-state index in [0.717, 1.165) is 17.8 Å². The first kappa shape index (κ1) is 12.6. The zero-order valence-corrected chi connectivity index (χ0v) is 11.1. The summed E-state index contributed by atoms with van der Waals surface area (Å²) < 4.78 is 0. The fourth-order valence-electron chi connectivity index (χ4n) is 2.45. The molecule has 0 atom stereocenters. The van der Waals surface area contributed by atoms with E-state index >= 15 is 0 Å². The van der Waals surface area contributed by atoms with Crippen LogP contribution in [0.3, 0.4) is 0 Å². The molecule has 4 heteroatoms. The molecule has 2 rings (SSSR count). The van der Waals surface area contributed by atoms with Crippen LogP contribution in [-0.4, -0.2) is 16.0 Å². The predicted octanol–water partition coefficient (Wildman–Crippen LogP) is 3.83. The molecule has 0 saturated heterocycles. The monoisotopic (exact) mass is 253 g/mol. The summed E-state index contributed by atoms with van der Waals surface area (Å²) in [6, 6.07) is 0.550. The van der Waals surface area contributed by atoms with Crippen molar-refractivity contribution in [3.8, 4) is 0 Å². The number of rotatable bonds is 3. The highest BCUT2D eigenvalue weighted by Gasteiger charge is 2.15. The molecule has 0 unspecified atom stereocenters. The Balaban J connectivity index is 2.09. The Morgan fingerprint density at radius 1 is 1.24 bits per heavy atom. The molecule has 1 heterocycles. The van der Waals surface area contributed by atoms with E-state index in [9.17, 15) is 0 Å². The molecular weight excluding hydrogens is 234 g/mol. The number of nitrogens with zero attached hydrogens (tertiary/aromatic N) is 2. The zero-order valence-electron chi connectivity index (χ0n) is 10.4. The molecule has 1 aromatic heterocycles. The summed E-state index contributed by atoms with van der Waals surface area (Å²) in [5, 5.41) is 4.13. The van der Waals surface area contributed by atoms with Crippen molar-refractivity contribution < 1.29 is 0 Å². The second-order valence-corrected chi connectivity index (χ2v) is 5.04. The summed E-state index contributed by atoms with van der Waals surface area (Å²) in [7, 11) is 0. The van der Waals surface area contributed by atoms with Crippen LogP contribution in [0.2, 0.25) is 5.15 Å². The third-order valence-corrected chi connectivity index (χ3v) is 3.77. The SMILES string of the molecule is CCc1c(Cl)ncnc1NC1CCCCCC1. The second kappa shape index (κ2) is 6.20. The van der Waals surface area contributed by atoms with Crippen molar-refractivity contribution in [2.24, 2.45) is 0 Å². The van der Waals surface area contributed by atoms with Gasteiger partial charge in [-0.25, -0.2) is 9.97 Å². The molecule has 0 amide bonds. The van der Waals surface area contributed by atoms with Gasteiger partial charge in [0.05, 0.1) is 0 Å². The van der Waals surface area contributed by atoms with Gasteiger partial charge in [0.25, 0.3) is 0 Å². The molecule has 3 nitrogen and oxygen atoms in total. The van der Waals surface area contributed by atoms with Crippen LogP contribution >= 0.6 is 11.6 Å². The van der Waals surface area contributed by atoms with Gasteiger partial charge in [-0.3, -0.25) is 0 Å². The van der Waals surface area contributed by atoms with Crippen LogP contribution in [0.4, 0.5) is 5.82 Å². The minimum Gasteiger partial charge on any atom is -0.367 e. The Morgan fingerprint density at radius 3 is 2.59 bits per heavy atom. The molecule has 0 radical (unpaired) electrons. The summed E-state index contributed by atoms with van der Waals surface area (Å²) in [6.45, 7) is 2.09. The summed E-state index contributed by atoms with van der Waals surface area (Å²) in [5.41, 5.74) is 1.04. The van der Waals surface area contributed by atoms with E-state index in [-0.39, 0.29) is 0 Å². The van der Waals surface area contributed by atoms with Crippen molar-refractivity contribution in [1.29, 1.82) is 0 Å². The molecule has 1 aliphatic carbocycles. The standard InChI is InChI=1S/C13H20ClN3/c1-2-11-12(14)15-9-16-13(11)17-10-7-5-3-4-6-8-10/h9-10H,2-8H2,1H3,(H,15,16,17). The minimum atomic E-state index is 0.550. The van der Waals surface area contributed by atoms with Gasteiger partial charge in [0, 0.05) is 11.6 Å². The second-order valence-electron chi connectivity index (χ2n) is 4.68. The van der Waals surface area contributed by atoms with Gasteiger partial charge in [0.1, 0.15) is 17.3 Å². The topological polar surface area (TPSA) is 37.8 Å². The summed E-state index contributed by atoms with van der Waals surface area (Å²) >= 11 is 6.09. The van der Waals surface area contributed by atoms with E-state index in [1.54, 1.807) is 6.33 Å². The number of hydrogen-bond acceptors (Lipinski definition) is 3. The quantitative estimate of drug-likeness (QED) is 0.657. The van der Waals surface area contributed by atoms with Gasteiger partial charge >= 0.3 is 0 Å². The van der Waals surface area contributed by atoms with E-state index in [1.165, 1.54) is 38.5 Å². The largest absolute Gasteiger partial charge is 0.367 e. The number of anilines is 1. The highest BCUT2D eigenvalue weighted by Crippen LogP contribution is 2.24. The van der Waals surface area contributed by atoms with Crippen molar-refractivity contribution in [2.75, 3.05) is 5.32 Å². The third kappa shape index (κ3) is 3.32. The molecule has 1 fully saturated rings. The number of aromatic nitrogens is 2. The van der Waals surface area contributed by atoms with Crippen LogP contribution in [0.15, 0.2) is 6.33 Å². The van der Waals surface area contributed by atoms with Crippen LogP contribution in [0.25, 0.3) is 0 Å². The minimum absolute atomic E-state index is 0.550. The first-order chi connectivity index (χ1) is 8.31. The average Bonchev–Trinajstić information content (AvgIpc) is 2.58. The van der Waals surface area contributed by atoms with Gasteiger partial charge < -0.3 is 5.32 Å². The lowest BCUT2D eigenvalue weighted by Gasteiger charge is -2.18. The maximum absolute atomic E-state index is 6.09. The van der Waals surface area contributed by atoms with E-state index in [1.807, 2.05) is 0 Å². The lowest BCUT2D eigenvalue weighted by atomic mass is 10.1. The van der Waals surface area contributed by atoms with Crippen molar-refractivity contribution >= 4 is 17.4 Å². The molecule has 0 aliphatic heterocycles. The number of nitrogens with one attached hydrogen (secondary N) is 1. The van der Waals surface area contributed by atoms with Gasteiger partial charge in [0.2, 0.25) is 0 Å². The molecule has 0 bridgehead atoms. The summed E-state index contributed by atoms with van der Waals surface area (Å²) in [6.07, 6.45) is 10.3. The Morgan fingerprint density at radius 2 is 1.94 bits per heavy atom. The lowest BCUT2D eigenvalue weighted by Crippen LogP contribution is -2.20. The van der Waals surface area contributed by atoms with Crippen molar-refractivity contribution in [3.05, 3.63) is 17.0 Å².